The summed E-state index contributed by atoms with van der Waals surface area (Å²) in [5, 5.41) is 0. The smallest absolute Gasteiger partial charge is 0.222 e. The molecule has 0 bridgehead atoms. The number of ether oxygens (including phenoxy) is 1. The summed E-state index contributed by atoms with van der Waals surface area (Å²) in [6, 6.07) is 0. The Hall–Kier alpha value is -0.570. The molecule has 1 fully saturated rings. The van der Waals surface area contributed by atoms with E-state index in [0.717, 1.165) is 25.9 Å². The highest BCUT2D eigenvalue weighted by Gasteiger charge is 2.19. The number of nitrogens with zero attached hydrogens (tertiary/aromatic N) is 1. The summed E-state index contributed by atoms with van der Waals surface area (Å²) in [7, 11) is 0. The molecule has 1 unspecified atom stereocenters. The van der Waals surface area contributed by atoms with Crippen LogP contribution in [0.3, 0.4) is 0 Å². The fourth-order valence-electron chi connectivity index (χ4n) is 1.47. The molecule has 0 N–H and O–H groups in total. The molecule has 14 heavy (non-hydrogen) atoms. The molecule has 0 aliphatic carbocycles. The molecule has 2 radical (unpaired) electrons. The van der Waals surface area contributed by atoms with Crippen LogP contribution in [0.2, 0.25) is 0 Å². The summed E-state index contributed by atoms with van der Waals surface area (Å²) < 4.78 is 5.38. The Labute approximate surface area is 86.4 Å². The fraction of sp³-hybridized carbons (Fsp3) is 0.818. The molecule has 0 aromatic carbocycles. The van der Waals surface area contributed by atoms with Crippen LogP contribution in [0.25, 0.3) is 0 Å². The minimum absolute atomic E-state index is 0.129. The Bertz CT molecular complexity index is 182. The molecular formula is C11H19NO2. The molecular weight excluding hydrogens is 178 g/mol. The molecule has 1 saturated heterocycles. The molecule has 0 aromatic rings. The molecule has 1 amide bonds. The predicted molar refractivity (Wildman–Crippen MR) is 54.7 cm³/mol. The van der Waals surface area contributed by atoms with Crippen LogP contribution in [0, 0.1) is 12.8 Å². The van der Waals surface area contributed by atoms with Crippen molar-refractivity contribution >= 4 is 5.91 Å². The summed E-state index contributed by atoms with van der Waals surface area (Å²) in [5.41, 5.74) is 0. The average molecular weight is 197 g/mol. The molecule has 3 nitrogen and oxygen atoms in total. The first-order valence-corrected chi connectivity index (χ1v) is 5.35. The van der Waals surface area contributed by atoms with E-state index in [-0.39, 0.29) is 11.8 Å². The van der Waals surface area contributed by atoms with Crippen molar-refractivity contribution in [3.63, 3.8) is 0 Å². The van der Waals surface area contributed by atoms with Gasteiger partial charge in [-0.3, -0.25) is 4.79 Å². The molecule has 0 saturated carbocycles. The molecule has 0 spiro atoms. The van der Waals surface area contributed by atoms with Crippen LogP contribution in [0.15, 0.2) is 0 Å². The van der Waals surface area contributed by atoms with Crippen LogP contribution >= 0.6 is 0 Å². The second-order valence-electron chi connectivity index (χ2n) is 3.73. The second kappa shape index (κ2) is 6.02. The topological polar surface area (TPSA) is 29.5 Å². The lowest BCUT2D eigenvalue weighted by molar-refractivity contribution is -0.128. The summed E-state index contributed by atoms with van der Waals surface area (Å²) in [5.74, 6) is 0.387. The van der Waals surface area contributed by atoms with Crippen molar-refractivity contribution in [2.45, 2.75) is 26.2 Å². The van der Waals surface area contributed by atoms with Crippen molar-refractivity contribution < 1.29 is 9.53 Å². The number of amides is 1. The van der Waals surface area contributed by atoms with Gasteiger partial charge in [0.25, 0.3) is 0 Å². The summed E-state index contributed by atoms with van der Waals surface area (Å²) >= 11 is 0. The van der Waals surface area contributed by atoms with E-state index < -0.39 is 0 Å². The first-order valence-electron chi connectivity index (χ1n) is 5.35. The largest absolute Gasteiger partial charge is 0.379 e. The standard InChI is InChI=1S/C11H19NO2/c1-3-10(2)9-14-8-7-12-6-4-5-11(12)13/h2,10H,3-9H2,1H3. The minimum atomic E-state index is 0.129. The van der Waals surface area contributed by atoms with E-state index in [4.69, 9.17) is 11.7 Å². The van der Waals surface area contributed by atoms with Gasteiger partial charge in [0, 0.05) is 26.1 Å². The van der Waals surface area contributed by atoms with Gasteiger partial charge in [-0.2, -0.15) is 0 Å². The van der Waals surface area contributed by atoms with E-state index in [0.29, 0.717) is 19.6 Å². The van der Waals surface area contributed by atoms with Gasteiger partial charge in [-0.15, -0.1) is 0 Å². The van der Waals surface area contributed by atoms with E-state index in [1.54, 1.807) is 0 Å². The Kier molecular flexibility index (Phi) is 4.94. The zero-order valence-electron chi connectivity index (χ0n) is 8.87. The average Bonchev–Trinajstić information content (AvgIpc) is 2.58. The lowest BCUT2D eigenvalue weighted by atomic mass is 10.1. The summed E-state index contributed by atoms with van der Waals surface area (Å²) in [6.07, 6.45) is 2.63. The molecule has 80 valence electrons. The maximum atomic E-state index is 11.2. The zero-order valence-corrected chi connectivity index (χ0v) is 8.87. The number of carbonyl (C=O) groups is 1. The van der Waals surface area contributed by atoms with E-state index >= 15 is 0 Å². The Morgan fingerprint density at radius 1 is 1.64 bits per heavy atom. The van der Waals surface area contributed by atoms with Gasteiger partial charge >= 0.3 is 0 Å². The van der Waals surface area contributed by atoms with Gasteiger partial charge in [0.2, 0.25) is 5.91 Å². The molecule has 0 aromatic heterocycles. The van der Waals surface area contributed by atoms with E-state index in [9.17, 15) is 4.79 Å². The Morgan fingerprint density at radius 2 is 2.43 bits per heavy atom. The van der Waals surface area contributed by atoms with E-state index in [1.165, 1.54) is 0 Å². The molecule has 1 atom stereocenters. The van der Waals surface area contributed by atoms with Crippen LogP contribution < -0.4 is 0 Å². The molecule has 1 rings (SSSR count). The predicted octanol–water partition coefficient (Wildman–Crippen LogP) is 1.36. The third-order valence-corrected chi connectivity index (χ3v) is 2.53. The summed E-state index contributed by atoms with van der Waals surface area (Å²) in [4.78, 5) is 13.1. The number of hydrogen-bond donors (Lipinski definition) is 0. The van der Waals surface area contributed by atoms with Gasteiger partial charge in [-0.1, -0.05) is 13.3 Å². The van der Waals surface area contributed by atoms with Crippen molar-refractivity contribution in [3.8, 4) is 0 Å². The molecule has 1 aliphatic heterocycles. The molecule has 1 aliphatic rings. The normalized spacial score (nSPS) is 19.0. The third kappa shape index (κ3) is 3.66. The van der Waals surface area contributed by atoms with Crippen molar-refractivity contribution in [1.29, 1.82) is 0 Å². The van der Waals surface area contributed by atoms with Crippen molar-refractivity contribution in [3.05, 3.63) is 6.92 Å². The van der Waals surface area contributed by atoms with Crippen molar-refractivity contribution in [2.75, 3.05) is 26.3 Å². The quantitative estimate of drug-likeness (QED) is 0.602. The second-order valence-corrected chi connectivity index (χ2v) is 3.73. The van der Waals surface area contributed by atoms with Gasteiger partial charge in [0.1, 0.15) is 0 Å². The summed E-state index contributed by atoms with van der Waals surface area (Å²) in [6.45, 7) is 10.5. The SMILES string of the molecule is [CH]C(CC)COCCN1CCCC1=O. The van der Waals surface area contributed by atoms with E-state index in [1.807, 2.05) is 11.8 Å². The highest BCUT2D eigenvalue weighted by Crippen LogP contribution is 2.08. The monoisotopic (exact) mass is 197 g/mol. The highest BCUT2D eigenvalue weighted by molar-refractivity contribution is 5.77. The molecule has 3 heteroatoms. The fourth-order valence-corrected chi connectivity index (χ4v) is 1.47. The zero-order chi connectivity index (χ0) is 10.4. The van der Waals surface area contributed by atoms with Crippen LogP contribution in [-0.4, -0.2) is 37.1 Å². The van der Waals surface area contributed by atoms with Gasteiger partial charge < -0.3 is 9.64 Å². The van der Waals surface area contributed by atoms with Gasteiger partial charge in [0.15, 0.2) is 0 Å². The highest BCUT2D eigenvalue weighted by atomic mass is 16.5. The van der Waals surface area contributed by atoms with Crippen LogP contribution in [-0.2, 0) is 9.53 Å². The number of likely N-dealkylation sites (tertiary alicyclic amines) is 1. The number of hydrogen-bond acceptors (Lipinski definition) is 2. The van der Waals surface area contributed by atoms with Crippen LogP contribution in [0.1, 0.15) is 26.2 Å². The first kappa shape index (κ1) is 11.5. The minimum Gasteiger partial charge on any atom is -0.379 e. The molecule has 1 heterocycles. The van der Waals surface area contributed by atoms with Crippen molar-refractivity contribution in [2.24, 2.45) is 5.92 Å². The lowest BCUT2D eigenvalue weighted by Crippen LogP contribution is -2.28. The van der Waals surface area contributed by atoms with Crippen LogP contribution in [0.4, 0.5) is 0 Å². The Balaban J connectivity index is 2.01. The van der Waals surface area contributed by atoms with Gasteiger partial charge in [0.05, 0.1) is 6.61 Å². The van der Waals surface area contributed by atoms with Crippen LogP contribution in [0.5, 0.6) is 0 Å². The Morgan fingerprint density at radius 3 is 3.00 bits per heavy atom. The van der Waals surface area contributed by atoms with E-state index in [2.05, 4.69) is 0 Å². The maximum absolute atomic E-state index is 11.2. The maximum Gasteiger partial charge on any atom is 0.222 e. The lowest BCUT2D eigenvalue weighted by Gasteiger charge is -2.16. The number of rotatable bonds is 6. The van der Waals surface area contributed by atoms with Crippen molar-refractivity contribution in [1.82, 2.24) is 4.90 Å². The first-order chi connectivity index (χ1) is 6.74. The van der Waals surface area contributed by atoms with Gasteiger partial charge in [-0.25, -0.2) is 0 Å². The number of carbonyl (C=O) groups excluding carboxylic acids is 1. The van der Waals surface area contributed by atoms with Gasteiger partial charge in [-0.05, 0) is 19.3 Å². The third-order valence-electron chi connectivity index (χ3n) is 2.53.